The van der Waals surface area contributed by atoms with Crippen molar-refractivity contribution in [3.05, 3.63) is 33.4 Å². The molecule has 23 heavy (non-hydrogen) atoms. The molecule has 0 spiro atoms. The van der Waals surface area contributed by atoms with Crippen LogP contribution in [-0.4, -0.2) is 16.5 Å². The van der Waals surface area contributed by atoms with Crippen LogP contribution in [0.4, 0.5) is 0 Å². The first-order chi connectivity index (χ1) is 11.0. The molecule has 0 aromatic carbocycles. The molecular formula is C20H27Br2N. The van der Waals surface area contributed by atoms with Crippen molar-refractivity contribution >= 4 is 31.9 Å². The normalized spacial score (nSPS) is 41.4. The lowest BCUT2D eigenvalue weighted by atomic mass is 9.52. The zero-order valence-corrected chi connectivity index (χ0v) is 17.3. The number of rotatable bonds is 3. The second kappa shape index (κ2) is 6.05. The van der Waals surface area contributed by atoms with E-state index in [9.17, 15) is 0 Å². The summed E-state index contributed by atoms with van der Waals surface area (Å²) in [6.07, 6.45) is 18.1. The highest BCUT2D eigenvalue weighted by molar-refractivity contribution is 9.28. The summed E-state index contributed by atoms with van der Waals surface area (Å²) in [6.45, 7) is 4.75. The second-order valence-electron chi connectivity index (χ2n) is 8.68. The maximum absolute atomic E-state index is 3.56. The van der Waals surface area contributed by atoms with Crippen LogP contribution < -0.4 is 0 Å². The predicted molar refractivity (Wildman–Crippen MR) is 105 cm³/mol. The van der Waals surface area contributed by atoms with Gasteiger partial charge in [-0.25, -0.2) is 0 Å². The standard InChI is InChI=1S/C20H27Br2N/c1-13(2)19-17(9-18(21)22)4-3-5-23(19)20-10-14-6-15(11-20)8-16(7-14)12-20/h3-5,9,13-16,19H,6-8,10-12H2,1-2H3. The monoisotopic (exact) mass is 439 g/mol. The minimum atomic E-state index is 0.437. The van der Waals surface area contributed by atoms with Gasteiger partial charge in [-0.2, -0.15) is 0 Å². The summed E-state index contributed by atoms with van der Waals surface area (Å²) in [5, 5.41) is 0. The first kappa shape index (κ1) is 16.4. The average molecular weight is 441 g/mol. The van der Waals surface area contributed by atoms with Crippen molar-refractivity contribution in [2.75, 3.05) is 0 Å². The van der Waals surface area contributed by atoms with Crippen LogP contribution in [0.25, 0.3) is 0 Å². The second-order valence-corrected chi connectivity index (χ2v) is 11.5. The molecule has 4 bridgehead atoms. The van der Waals surface area contributed by atoms with Gasteiger partial charge in [-0.1, -0.05) is 19.9 Å². The molecule has 0 N–H and O–H groups in total. The Morgan fingerprint density at radius 1 is 1.13 bits per heavy atom. The maximum Gasteiger partial charge on any atom is 0.0607 e. The molecule has 0 amide bonds. The molecule has 1 heterocycles. The predicted octanol–water partition coefficient (Wildman–Crippen LogP) is 6.37. The Hall–Kier alpha value is -0.0200. The van der Waals surface area contributed by atoms with Gasteiger partial charge in [-0.05, 0) is 112 Å². The first-order valence-electron chi connectivity index (χ1n) is 9.16. The third-order valence-corrected chi connectivity index (χ3v) is 7.10. The summed E-state index contributed by atoms with van der Waals surface area (Å²) < 4.78 is 1.04. The molecule has 0 aromatic rings. The molecule has 5 rings (SSSR count). The van der Waals surface area contributed by atoms with Crippen LogP contribution in [0.5, 0.6) is 0 Å². The van der Waals surface area contributed by atoms with E-state index in [1.807, 2.05) is 0 Å². The Labute approximate surface area is 157 Å². The lowest BCUT2D eigenvalue weighted by Gasteiger charge is -2.62. The minimum absolute atomic E-state index is 0.437. The Balaban J connectivity index is 1.69. The average Bonchev–Trinajstić information content (AvgIpc) is 2.44. The molecule has 1 nitrogen and oxygen atoms in total. The molecule has 0 radical (unpaired) electrons. The zero-order chi connectivity index (χ0) is 16.2. The molecule has 5 aliphatic rings. The SMILES string of the molecule is CC(C)C1C(C=C(Br)Br)=CC=CN1C12CC3CC(CC(C3)C1)C2. The minimum Gasteiger partial charge on any atom is -0.365 e. The van der Waals surface area contributed by atoms with Gasteiger partial charge in [0.1, 0.15) is 0 Å². The van der Waals surface area contributed by atoms with E-state index in [1.165, 1.54) is 44.1 Å². The van der Waals surface area contributed by atoms with E-state index in [-0.39, 0.29) is 0 Å². The fraction of sp³-hybridized carbons (Fsp3) is 0.700. The fourth-order valence-corrected chi connectivity index (χ4v) is 6.93. The van der Waals surface area contributed by atoms with Crippen LogP contribution in [0.3, 0.4) is 0 Å². The van der Waals surface area contributed by atoms with Crippen molar-refractivity contribution in [2.24, 2.45) is 23.7 Å². The number of hydrogen-bond donors (Lipinski definition) is 0. The van der Waals surface area contributed by atoms with Gasteiger partial charge < -0.3 is 4.90 Å². The van der Waals surface area contributed by atoms with E-state index in [1.54, 1.807) is 0 Å². The summed E-state index contributed by atoms with van der Waals surface area (Å²) in [5.41, 5.74) is 1.87. The largest absolute Gasteiger partial charge is 0.365 e. The Bertz CT molecular complexity index is 533. The molecule has 1 aliphatic heterocycles. The summed E-state index contributed by atoms with van der Waals surface area (Å²) in [7, 11) is 0. The molecular weight excluding hydrogens is 414 g/mol. The highest BCUT2D eigenvalue weighted by Gasteiger charge is 2.54. The molecule has 0 aromatic heterocycles. The quantitative estimate of drug-likeness (QED) is 0.492. The van der Waals surface area contributed by atoms with Gasteiger partial charge >= 0.3 is 0 Å². The van der Waals surface area contributed by atoms with Crippen LogP contribution in [-0.2, 0) is 0 Å². The highest BCUT2D eigenvalue weighted by atomic mass is 79.9. The van der Waals surface area contributed by atoms with Gasteiger partial charge in [0, 0.05) is 11.7 Å². The smallest absolute Gasteiger partial charge is 0.0607 e. The lowest BCUT2D eigenvalue weighted by Crippen LogP contribution is -2.62. The van der Waals surface area contributed by atoms with E-state index in [0.29, 0.717) is 17.5 Å². The number of hydrogen-bond acceptors (Lipinski definition) is 1. The van der Waals surface area contributed by atoms with E-state index >= 15 is 0 Å². The van der Waals surface area contributed by atoms with Crippen LogP contribution in [0.1, 0.15) is 52.4 Å². The number of halogens is 2. The van der Waals surface area contributed by atoms with Crippen molar-refractivity contribution in [3.8, 4) is 0 Å². The molecule has 126 valence electrons. The Morgan fingerprint density at radius 3 is 2.17 bits per heavy atom. The molecule has 4 saturated carbocycles. The van der Waals surface area contributed by atoms with Crippen molar-refractivity contribution < 1.29 is 0 Å². The molecule has 4 aliphatic carbocycles. The van der Waals surface area contributed by atoms with Crippen molar-refractivity contribution in [1.82, 2.24) is 4.90 Å². The lowest BCUT2D eigenvalue weighted by molar-refractivity contribution is -0.0847. The number of nitrogens with zero attached hydrogens (tertiary/aromatic N) is 1. The van der Waals surface area contributed by atoms with E-state index < -0.39 is 0 Å². The van der Waals surface area contributed by atoms with Gasteiger partial charge in [0.05, 0.1) is 9.43 Å². The molecule has 0 saturated heterocycles. The summed E-state index contributed by atoms with van der Waals surface area (Å²) in [5.74, 6) is 3.61. The van der Waals surface area contributed by atoms with Gasteiger partial charge in [0.15, 0.2) is 0 Å². The van der Waals surface area contributed by atoms with E-state index in [0.717, 1.165) is 21.1 Å². The molecule has 3 heteroatoms. The summed E-state index contributed by atoms with van der Waals surface area (Å²) >= 11 is 7.13. The fourth-order valence-electron chi connectivity index (χ4n) is 6.40. The zero-order valence-electron chi connectivity index (χ0n) is 14.1. The Kier molecular flexibility index (Phi) is 4.33. The van der Waals surface area contributed by atoms with E-state index in [2.05, 4.69) is 75.0 Å². The maximum atomic E-state index is 3.56. The molecule has 1 unspecified atom stereocenters. The van der Waals surface area contributed by atoms with Crippen molar-refractivity contribution in [1.29, 1.82) is 0 Å². The third-order valence-electron chi connectivity index (χ3n) is 6.64. The van der Waals surface area contributed by atoms with Crippen LogP contribution in [0.15, 0.2) is 33.4 Å². The first-order valence-corrected chi connectivity index (χ1v) is 10.7. The van der Waals surface area contributed by atoms with Gasteiger partial charge in [-0.15, -0.1) is 0 Å². The third kappa shape index (κ3) is 2.90. The number of allylic oxidation sites excluding steroid dienone is 2. The molecule has 4 fully saturated rings. The van der Waals surface area contributed by atoms with Crippen molar-refractivity contribution in [2.45, 2.75) is 64.0 Å². The summed E-state index contributed by atoms with van der Waals surface area (Å²) in [4.78, 5) is 2.79. The Morgan fingerprint density at radius 2 is 1.70 bits per heavy atom. The van der Waals surface area contributed by atoms with Gasteiger partial charge in [-0.3, -0.25) is 0 Å². The van der Waals surface area contributed by atoms with E-state index in [4.69, 9.17) is 0 Å². The van der Waals surface area contributed by atoms with Crippen LogP contribution in [0, 0.1) is 23.7 Å². The molecule has 1 atom stereocenters. The van der Waals surface area contributed by atoms with Gasteiger partial charge in [0.25, 0.3) is 0 Å². The highest BCUT2D eigenvalue weighted by Crippen LogP contribution is 2.59. The van der Waals surface area contributed by atoms with Crippen molar-refractivity contribution in [3.63, 3.8) is 0 Å². The van der Waals surface area contributed by atoms with Crippen LogP contribution in [0.2, 0.25) is 0 Å². The summed E-state index contributed by atoms with van der Waals surface area (Å²) in [6, 6.07) is 0.501. The van der Waals surface area contributed by atoms with Crippen LogP contribution >= 0.6 is 31.9 Å². The van der Waals surface area contributed by atoms with Gasteiger partial charge in [0.2, 0.25) is 0 Å². The topological polar surface area (TPSA) is 3.24 Å².